The molecular weight excluding hydrogens is 218 g/mol. The molecular formula is H8O8P2Si. The molecule has 0 radical (unpaired) electrons. The normalized spacial score (nSPS) is 12.1. The molecule has 0 atom stereocenters. The SMILES string of the molecule is O=P(O)(O)OP(=O)(O)O.O[SiH3]. The molecule has 0 bridgehead atoms. The first-order chi connectivity index (χ1) is 4.71. The molecule has 11 heavy (non-hydrogen) atoms. The van der Waals surface area contributed by atoms with Crippen LogP contribution in [0.1, 0.15) is 0 Å². The topological polar surface area (TPSA) is 145 Å². The predicted molar refractivity (Wildman–Crippen MR) is 37.3 cm³/mol. The van der Waals surface area contributed by atoms with E-state index >= 15 is 0 Å². The molecule has 70 valence electrons. The van der Waals surface area contributed by atoms with Gasteiger partial charge in [-0.3, -0.25) is 0 Å². The van der Waals surface area contributed by atoms with Crippen molar-refractivity contribution in [2.24, 2.45) is 0 Å². The number of phosphoric acid groups is 2. The smallest absolute Gasteiger partial charge is 0.442 e. The van der Waals surface area contributed by atoms with Crippen LogP contribution in [0, 0.1) is 0 Å². The van der Waals surface area contributed by atoms with Gasteiger partial charge in [-0.15, -0.1) is 0 Å². The lowest BCUT2D eigenvalue weighted by Crippen LogP contribution is -1.84. The summed E-state index contributed by atoms with van der Waals surface area (Å²) in [4.78, 5) is 38.1. The van der Waals surface area contributed by atoms with Gasteiger partial charge < -0.3 is 24.4 Å². The second-order valence-electron chi connectivity index (χ2n) is 1.06. The standard InChI is InChI=1S/H4O7P2.H4OSi/c1-8(2,3)7-9(4,5)6;1-2/h(H2,1,2,3)(H2,4,5,6);1H,2H3. The number of rotatable bonds is 2. The van der Waals surface area contributed by atoms with Crippen molar-refractivity contribution in [3.05, 3.63) is 0 Å². The summed E-state index contributed by atoms with van der Waals surface area (Å²) in [5, 5.41) is 0. The van der Waals surface area contributed by atoms with Crippen LogP contribution in [-0.2, 0) is 13.4 Å². The maximum atomic E-state index is 9.63. The zero-order valence-corrected chi connectivity index (χ0v) is 9.14. The van der Waals surface area contributed by atoms with E-state index in [1.807, 2.05) is 0 Å². The third kappa shape index (κ3) is 17.9. The maximum absolute atomic E-state index is 9.63. The molecule has 0 aliphatic heterocycles. The van der Waals surface area contributed by atoms with Crippen molar-refractivity contribution >= 4 is 26.1 Å². The Kier molecular flexibility index (Phi) is 6.55. The van der Waals surface area contributed by atoms with Gasteiger partial charge in [0.15, 0.2) is 0 Å². The van der Waals surface area contributed by atoms with Crippen LogP contribution in [0.4, 0.5) is 0 Å². The van der Waals surface area contributed by atoms with Gasteiger partial charge >= 0.3 is 15.6 Å². The Balaban J connectivity index is 0. The largest absolute Gasteiger partial charge is 0.478 e. The minimum Gasteiger partial charge on any atom is -0.442 e. The summed E-state index contributed by atoms with van der Waals surface area (Å²) >= 11 is 0. The Morgan fingerprint density at radius 2 is 1.09 bits per heavy atom. The Hall–Kier alpha value is 0.437. The fourth-order valence-corrected chi connectivity index (χ4v) is 1.25. The minimum atomic E-state index is -5.05. The van der Waals surface area contributed by atoms with E-state index < -0.39 is 15.6 Å². The zero-order chi connectivity index (χ0) is 9.71. The van der Waals surface area contributed by atoms with Gasteiger partial charge in [0.25, 0.3) is 0 Å². The van der Waals surface area contributed by atoms with Gasteiger partial charge in [0.2, 0.25) is 0 Å². The van der Waals surface area contributed by atoms with E-state index in [4.69, 9.17) is 24.4 Å². The summed E-state index contributed by atoms with van der Waals surface area (Å²) in [5.74, 6) is 0. The van der Waals surface area contributed by atoms with Gasteiger partial charge in [0.1, 0.15) is 10.5 Å². The van der Waals surface area contributed by atoms with Gasteiger partial charge in [0.05, 0.1) is 0 Å². The van der Waals surface area contributed by atoms with Gasteiger partial charge in [0, 0.05) is 0 Å². The quantitative estimate of drug-likeness (QED) is 0.255. The molecule has 5 N–H and O–H groups in total. The van der Waals surface area contributed by atoms with Crippen molar-refractivity contribution in [1.29, 1.82) is 0 Å². The Bertz CT molecular complexity index is 153. The molecule has 11 heteroatoms. The van der Waals surface area contributed by atoms with Crippen LogP contribution in [0.3, 0.4) is 0 Å². The van der Waals surface area contributed by atoms with E-state index in [0.717, 1.165) is 0 Å². The molecule has 0 aliphatic rings. The molecule has 0 spiro atoms. The van der Waals surface area contributed by atoms with Crippen molar-refractivity contribution in [2.75, 3.05) is 0 Å². The average molecular weight is 226 g/mol. The molecule has 0 fully saturated rings. The van der Waals surface area contributed by atoms with E-state index in [9.17, 15) is 9.13 Å². The van der Waals surface area contributed by atoms with Crippen molar-refractivity contribution < 1.29 is 37.8 Å². The van der Waals surface area contributed by atoms with E-state index in [-0.39, 0.29) is 0 Å². The lowest BCUT2D eigenvalue weighted by molar-refractivity contribution is 0.225. The Labute approximate surface area is 64.9 Å². The first-order valence-electron chi connectivity index (χ1n) is 1.98. The molecule has 0 amide bonds. The first-order valence-corrected chi connectivity index (χ1v) is 5.93. The third-order valence-corrected chi connectivity index (χ3v) is 1.91. The van der Waals surface area contributed by atoms with Gasteiger partial charge in [-0.05, 0) is 0 Å². The second-order valence-corrected chi connectivity index (χ2v) is 3.68. The Morgan fingerprint density at radius 1 is 0.909 bits per heavy atom. The van der Waals surface area contributed by atoms with Crippen molar-refractivity contribution in [1.82, 2.24) is 0 Å². The molecule has 0 aromatic heterocycles. The third-order valence-electron chi connectivity index (χ3n) is 0.213. The van der Waals surface area contributed by atoms with E-state index in [2.05, 4.69) is 4.31 Å². The molecule has 0 aromatic rings. The molecule has 0 heterocycles. The van der Waals surface area contributed by atoms with Crippen molar-refractivity contribution in [2.45, 2.75) is 0 Å². The summed E-state index contributed by atoms with van der Waals surface area (Å²) in [6.45, 7) is 0. The van der Waals surface area contributed by atoms with Crippen LogP contribution in [0.5, 0.6) is 0 Å². The maximum Gasteiger partial charge on any atom is 0.478 e. The van der Waals surface area contributed by atoms with Crippen LogP contribution >= 0.6 is 15.6 Å². The monoisotopic (exact) mass is 226 g/mol. The number of hydrogen-bond acceptors (Lipinski definition) is 4. The Morgan fingerprint density at radius 3 is 1.09 bits per heavy atom. The summed E-state index contributed by atoms with van der Waals surface area (Å²) in [6, 6.07) is 0. The first kappa shape index (κ1) is 14.0. The summed E-state index contributed by atoms with van der Waals surface area (Å²) in [6.07, 6.45) is 0. The fraction of sp³-hybridized carbons (Fsp3) is 0. The highest BCUT2D eigenvalue weighted by Crippen LogP contribution is 2.53. The fourth-order valence-electron chi connectivity index (χ4n) is 0.139. The highest BCUT2D eigenvalue weighted by atomic mass is 31.3. The molecule has 8 nitrogen and oxygen atoms in total. The highest BCUT2D eigenvalue weighted by Gasteiger charge is 2.27. The molecule has 0 saturated heterocycles. The van der Waals surface area contributed by atoms with Crippen LogP contribution in [-0.4, -0.2) is 34.9 Å². The molecule has 0 aliphatic carbocycles. The van der Waals surface area contributed by atoms with E-state index in [1.165, 1.54) is 0 Å². The van der Waals surface area contributed by atoms with Gasteiger partial charge in [-0.2, -0.15) is 4.31 Å². The molecule has 0 saturated carbocycles. The minimum absolute atomic E-state index is 0.306. The van der Waals surface area contributed by atoms with Gasteiger partial charge in [-0.1, -0.05) is 0 Å². The zero-order valence-electron chi connectivity index (χ0n) is 5.36. The van der Waals surface area contributed by atoms with Crippen molar-refractivity contribution in [3.8, 4) is 0 Å². The van der Waals surface area contributed by atoms with Crippen LogP contribution in [0.15, 0.2) is 0 Å². The van der Waals surface area contributed by atoms with Crippen LogP contribution in [0.25, 0.3) is 0 Å². The van der Waals surface area contributed by atoms with E-state index in [1.54, 1.807) is 0 Å². The molecule has 0 aromatic carbocycles. The van der Waals surface area contributed by atoms with Gasteiger partial charge in [-0.25, -0.2) is 9.13 Å². The van der Waals surface area contributed by atoms with Crippen LogP contribution in [0.2, 0.25) is 0 Å². The summed E-state index contributed by atoms with van der Waals surface area (Å²) < 4.78 is 22.2. The summed E-state index contributed by atoms with van der Waals surface area (Å²) in [7, 11) is -9.80. The number of hydrogen-bond donors (Lipinski definition) is 5. The predicted octanol–water partition coefficient (Wildman–Crippen LogP) is -2.55. The highest BCUT2D eigenvalue weighted by molar-refractivity contribution is 7.60. The molecule has 0 rings (SSSR count). The molecule has 0 unspecified atom stereocenters. The lowest BCUT2D eigenvalue weighted by Gasteiger charge is -2.03. The van der Waals surface area contributed by atoms with E-state index in [0.29, 0.717) is 10.5 Å². The lowest BCUT2D eigenvalue weighted by atomic mass is 15.7. The van der Waals surface area contributed by atoms with Crippen molar-refractivity contribution in [3.63, 3.8) is 0 Å². The summed E-state index contributed by atoms with van der Waals surface area (Å²) in [5.41, 5.74) is 0. The average Bonchev–Trinajstić information content (AvgIpc) is 1.60. The van der Waals surface area contributed by atoms with Crippen LogP contribution < -0.4 is 0 Å². The second kappa shape index (κ2) is 5.15.